The SMILES string of the molecule is CCc1cccc(NC(=O)CNC(=NC)N(C)CC2CCOC2)c1. The van der Waals surface area contributed by atoms with Crippen LogP contribution < -0.4 is 10.6 Å². The maximum atomic E-state index is 12.1. The lowest BCUT2D eigenvalue weighted by Crippen LogP contribution is -2.44. The number of ether oxygens (including phenoxy) is 1. The van der Waals surface area contributed by atoms with E-state index in [1.807, 2.05) is 30.1 Å². The lowest BCUT2D eigenvalue weighted by molar-refractivity contribution is -0.115. The molecular weight excluding hydrogens is 304 g/mol. The summed E-state index contributed by atoms with van der Waals surface area (Å²) in [7, 11) is 3.71. The summed E-state index contributed by atoms with van der Waals surface area (Å²) in [6.45, 7) is 4.80. The second-order valence-corrected chi connectivity index (χ2v) is 6.11. The first-order valence-corrected chi connectivity index (χ1v) is 8.50. The van der Waals surface area contributed by atoms with Crippen LogP contribution in [0.1, 0.15) is 18.9 Å². The number of carbonyl (C=O) groups excluding carboxylic acids is 1. The molecule has 0 spiro atoms. The molecule has 6 heteroatoms. The van der Waals surface area contributed by atoms with Gasteiger partial charge in [0.25, 0.3) is 0 Å². The molecule has 1 unspecified atom stereocenters. The van der Waals surface area contributed by atoms with E-state index < -0.39 is 0 Å². The Morgan fingerprint density at radius 2 is 2.29 bits per heavy atom. The largest absolute Gasteiger partial charge is 0.381 e. The number of nitrogens with zero attached hydrogens (tertiary/aromatic N) is 2. The van der Waals surface area contributed by atoms with Gasteiger partial charge in [0.2, 0.25) is 5.91 Å². The normalized spacial score (nSPS) is 17.6. The minimum Gasteiger partial charge on any atom is -0.381 e. The number of aliphatic imine (C=N–C) groups is 1. The van der Waals surface area contributed by atoms with Crippen molar-refractivity contribution in [2.24, 2.45) is 10.9 Å². The summed E-state index contributed by atoms with van der Waals surface area (Å²) in [5.74, 6) is 1.17. The maximum absolute atomic E-state index is 12.1. The van der Waals surface area contributed by atoms with Crippen molar-refractivity contribution in [1.29, 1.82) is 0 Å². The molecule has 2 rings (SSSR count). The molecule has 1 aromatic carbocycles. The predicted octanol–water partition coefficient (Wildman–Crippen LogP) is 1.73. The minimum absolute atomic E-state index is 0.0815. The lowest BCUT2D eigenvalue weighted by atomic mass is 10.1. The molecule has 0 bridgehead atoms. The first-order valence-electron chi connectivity index (χ1n) is 8.50. The number of nitrogens with one attached hydrogen (secondary N) is 2. The Labute approximate surface area is 144 Å². The topological polar surface area (TPSA) is 66.0 Å². The van der Waals surface area contributed by atoms with Crippen LogP contribution in [0, 0.1) is 5.92 Å². The first kappa shape index (κ1) is 18.3. The van der Waals surface area contributed by atoms with Gasteiger partial charge in [-0.2, -0.15) is 0 Å². The molecule has 1 amide bonds. The highest BCUT2D eigenvalue weighted by Crippen LogP contribution is 2.13. The van der Waals surface area contributed by atoms with Crippen LogP contribution >= 0.6 is 0 Å². The molecule has 1 aliphatic heterocycles. The van der Waals surface area contributed by atoms with E-state index >= 15 is 0 Å². The molecule has 132 valence electrons. The lowest BCUT2D eigenvalue weighted by Gasteiger charge is -2.24. The molecule has 0 saturated carbocycles. The molecule has 1 atom stereocenters. The highest BCUT2D eigenvalue weighted by Gasteiger charge is 2.19. The summed E-state index contributed by atoms with van der Waals surface area (Å²) in [6, 6.07) is 7.91. The fourth-order valence-corrected chi connectivity index (χ4v) is 2.82. The van der Waals surface area contributed by atoms with Gasteiger partial charge < -0.3 is 20.3 Å². The van der Waals surface area contributed by atoms with E-state index in [4.69, 9.17) is 4.74 Å². The van der Waals surface area contributed by atoms with Crippen LogP contribution in [0.15, 0.2) is 29.3 Å². The Kier molecular flexibility index (Phi) is 7.06. The summed E-state index contributed by atoms with van der Waals surface area (Å²) in [4.78, 5) is 18.4. The van der Waals surface area contributed by atoms with Crippen LogP contribution in [0.25, 0.3) is 0 Å². The molecule has 2 N–H and O–H groups in total. The van der Waals surface area contributed by atoms with Crippen molar-refractivity contribution in [3.63, 3.8) is 0 Å². The minimum atomic E-state index is -0.0815. The van der Waals surface area contributed by atoms with Crippen LogP contribution in [-0.2, 0) is 16.0 Å². The molecule has 1 fully saturated rings. The number of guanidine groups is 1. The van der Waals surface area contributed by atoms with Crippen molar-refractivity contribution in [3.8, 4) is 0 Å². The Hall–Kier alpha value is -2.08. The number of anilines is 1. The van der Waals surface area contributed by atoms with Gasteiger partial charge in [-0.3, -0.25) is 9.79 Å². The van der Waals surface area contributed by atoms with Crippen LogP contribution in [0.2, 0.25) is 0 Å². The fourth-order valence-electron chi connectivity index (χ4n) is 2.82. The Morgan fingerprint density at radius 3 is 2.96 bits per heavy atom. The highest BCUT2D eigenvalue weighted by molar-refractivity contribution is 5.95. The van der Waals surface area contributed by atoms with Gasteiger partial charge >= 0.3 is 0 Å². The highest BCUT2D eigenvalue weighted by atomic mass is 16.5. The third-order valence-electron chi connectivity index (χ3n) is 4.16. The third kappa shape index (κ3) is 5.53. The van der Waals surface area contributed by atoms with E-state index in [-0.39, 0.29) is 12.5 Å². The number of rotatable bonds is 6. The molecule has 1 saturated heterocycles. The van der Waals surface area contributed by atoms with Crippen molar-refractivity contribution in [3.05, 3.63) is 29.8 Å². The summed E-state index contributed by atoms with van der Waals surface area (Å²) < 4.78 is 5.40. The fraction of sp³-hybridized carbons (Fsp3) is 0.556. The molecule has 24 heavy (non-hydrogen) atoms. The molecule has 6 nitrogen and oxygen atoms in total. The standard InChI is InChI=1S/C18H28N4O2/c1-4-14-6-5-7-16(10-14)21-17(23)11-20-18(19-2)22(3)12-15-8-9-24-13-15/h5-7,10,15H,4,8-9,11-13H2,1-3H3,(H,19,20)(H,21,23). The number of benzene rings is 1. The van der Waals surface area contributed by atoms with Gasteiger partial charge in [-0.05, 0) is 30.5 Å². The quantitative estimate of drug-likeness (QED) is 0.615. The zero-order chi connectivity index (χ0) is 17.4. The molecule has 1 aliphatic rings. The van der Waals surface area contributed by atoms with Crippen LogP contribution in [0.4, 0.5) is 5.69 Å². The summed E-state index contributed by atoms with van der Waals surface area (Å²) in [6.07, 6.45) is 2.03. The summed E-state index contributed by atoms with van der Waals surface area (Å²) in [5, 5.41) is 6.03. The number of hydrogen-bond donors (Lipinski definition) is 2. The van der Waals surface area contributed by atoms with Crippen LogP contribution in [0.5, 0.6) is 0 Å². The van der Waals surface area contributed by atoms with Crippen molar-refractivity contribution < 1.29 is 9.53 Å². The average molecular weight is 332 g/mol. The zero-order valence-corrected chi connectivity index (χ0v) is 14.8. The Bertz CT molecular complexity index is 568. The van der Waals surface area contributed by atoms with Gasteiger partial charge in [-0.25, -0.2) is 0 Å². The van der Waals surface area contributed by atoms with Gasteiger partial charge in [-0.1, -0.05) is 19.1 Å². The molecule has 0 radical (unpaired) electrons. The van der Waals surface area contributed by atoms with E-state index in [1.165, 1.54) is 5.56 Å². The summed E-state index contributed by atoms with van der Waals surface area (Å²) >= 11 is 0. The van der Waals surface area contributed by atoms with Gasteiger partial charge in [0.1, 0.15) is 0 Å². The smallest absolute Gasteiger partial charge is 0.243 e. The van der Waals surface area contributed by atoms with Crippen molar-refractivity contribution in [2.45, 2.75) is 19.8 Å². The van der Waals surface area contributed by atoms with Gasteiger partial charge in [-0.15, -0.1) is 0 Å². The molecule has 0 aromatic heterocycles. The third-order valence-corrected chi connectivity index (χ3v) is 4.16. The molecule has 0 aliphatic carbocycles. The number of aryl methyl sites for hydroxylation is 1. The second kappa shape index (κ2) is 9.27. The zero-order valence-electron chi connectivity index (χ0n) is 14.8. The molecular formula is C18H28N4O2. The van der Waals surface area contributed by atoms with E-state index in [0.717, 1.165) is 44.2 Å². The van der Waals surface area contributed by atoms with Gasteiger partial charge in [0.15, 0.2) is 5.96 Å². The van der Waals surface area contributed by atoms with E-state index in [2.05, 4.69) is 28.6 Å². The van der Waals surface area contributed by atoms with E-state index in [0.29, 0.717) is 5.92 Å². The second-order valence-electron chi connectivity index (χ2n) is 6.11. The van der Waals surface area contributed by atoms with E-state index in [9.17, 15) is 4.79 Å². The van der Waals surface area contributed by atoms with Gasteiger partial charge in [0.05, 0.1) is 13.2 Å². The van der Waals surface area contributed by atoms with Crippen molar-refractivity contribution in [1.82, 2.24) is 10.2 Å². The Balaban J connectivity index is 1.80. The monoisotopic (exact) mass is 332 g/mol. The summed E-state index contributed by atoms with van der Waals surface area (Å²) in [5.41, 5.74) is 2.03. The average Bonchev–Trinajstić information content (AvgIpc) is 3.08. The number of hydrogen-bond acceptors (Lipinski definition) is 3. The van der Waals surface area contributed by atoms with Crippen LogP contribution in [-0.4, -0.2) is 57.2 Å². The molecule has 1 heterocycles. The molecule has 1 aromatic rings. The van der Waals surface area contributed by atoms with Crippen molar-refractivity contribution in [2.75, 3.05) is 45.7 Å². The van der Waals surface area contributed by atoms with Crippen molar-refractivity contribution >= 4 is 17.6 Å². The first-order chi connectivity index (χ1) is 11.6. The number of amides is 1. The Morgan fingerprint density at radius 1 is 1.46 bits per heavy atom. The number of carbonyl (C=O) groups is 1. The predicted molar refractivity (Wildman–Crippen MR) is 97.4 cm³/mol. The maximum Gasteiger partial charge on any atom is 0.243 e. The van der Waals surface area contributed by atoms with Crippen LogP contribution in [0.3, 0.4) is 0 Å². The van der Waals surface area contributed by atoms with Gasteiger partial charge in [0, 0.05) is 38.9 Å². The van der Waals surface area contributed by atoms with E-state index in [1.54, 1.807) is 7.05 Å².